The van der Waals surface area contributed by atoms with Gasteiger partial charge in [0.2, 0.25) is 0 Å². The van der Waals surface area contributed by atoms with Crippen LogP contribution in [0.4, 0.5) is 11.4 Å². The van der Waals surface area contributed by atoms with Gasteiger partial charge in [0.25, 0.3) is 0 Å². The second kappa shape index (κ2) is 20.7. The van der Waals surface area contributed by atoms with Crippen molar-refractivity contribution < 1.29 is 0 Å². The summed E-state index contributed by atoms with van der Waals surface area (Å²) in [5, 5.41) is 0. The highest BCUT2D eigenvalue weighted by Gasteiger charge is 2.29. The van der Waals surface area contributed by atoms with Crippen LogP contribution >= 0.6 is 0 Å². The minimum absolute atomic E-state index is 0.0434. The molecule has 0 radical (unpaired) electrons. The SMILES string of the molecule is CC(=Nc1c(C(C)c2ccccc2)cc(C)cc1C(c1ccccc1)c1ccccc1)C(C)=Nc1c(C(c2ccccc2)c2ccccc2)cc(C)cc1C(c1ccccc1)c1ccccc1. The van der Waals surface area contributed by atoms with Crippen LogP contribution in [-0.4, -0.2) is 11.4 Å². The first kappa shape index (κ1) is 44.5. The molecule has 0 fully saturated rings. The maximum atomic E-state index is 5.87. The van der Waals surface area contributed by atoms with Gasteiger partial charge in [-0.15, -0.1) is 0 Å². The molecular formula is C65H58N2. The molecule has 0 aliphatic rings. The van der Waals surface area contributed by atoms with Gasteiger partial charge in [0, 0.05) is 23.7 Å². The van der Waals surface area contributed by atoms with Crippen LogP contribution in [0.25, 0.3) is 0 Å². The number of benzene rings is 9. The molecule has 0 heterocycles. The van der Waals surface area contributed by atoms with E-state index in [1.54, 1.807) is 0 Å². The molecule has 0 bridgehead atoms. The third kappa shape index (κ3) is 9.95. The molecule has 9 aromatic rings. The molecule has 0 saturated carbocycles. The molecule has 0 aliphatic heterocycles. The fraction of sp³-hybridized carbons (Fsp3) is 0.138. The van der Waals surface area contributed by atoms with E-state index in [0.29, 0.717) is 0 Å². The van der Waals surface area contributed by atoms with Crippen molar-refractivity contribution in [2.24, 2.45) is 9.98 Å². The molecule has 0 aliphatic carbocycles. The van der Waals surface area contributed by atoms with Gasteiger partial charge in [-0.05, 0) is 88.9 Å². The maximum absolute atomic E-state index is 5.87. The van der Waals surface area contributed by atoms with Gasteiger partial charge in [-0.2, -0.15) is 0 Å². The van der Waals surface area contributed by atoms with Crippen molar-refractivity contribution in [2.75, 3.05) is 0 Å². The Morgan fingerprint density at radius 1 is 0.299 bits per heavy atom. The van der Waals surface area contributed by atoms with Crippen LogP contribution in [0.3, 0.4) is 0 Å². The Morgan fingerprint density at radius 3 is 0.761 bits per heavy atom. The van der Waals surface area contributed by atoms with Crippen molar-refractivity contribution in [1.29, 1.82) is 0 Å². The van der Waals surface area contributed by atoms with Gasteiger partial charge in [0.1, 0.15) is 0 Å². The van der Waals surface area contributed by atoms with Crippen LogP contribution in [0.1, 0.15) is 117 Å². The smallest absolute Gasteiger partial charge is 0.0717 e. The minimum atomic E-state index is -0.0726. The second-order valence-electron chi connectivity index (χ2n) is 17.9. The predicted octanol–water partition coefficient (Wildman–Crippen LogP) is 16.9. The number of aryl methyl sites for hydroxylation is 2. The van der Waals surface area contributed by atoms with Crippen LogP contribution in [0, 0.1) is 13.8 Å². The zero-order chi connectivity index (χ0) is 46.1. The highest BCUT2D eigenvalue weighted by molar-refractivity contribution is 6.41. The third-order valence-corrected chi connectivity index (χ3v) is 13.2. The van der Waals surface area contributed by atoms with Gasteiger partial charge in [0.05, 0.1) is 22.8 Å². The fourth-order valence-electron chi connectivity index (χ4n) is 9.87. The summed E-state index contributed by atoms with van der Waals surface area (Å²) in [6, 6.07) is 85.6. The minimum Gasteiger partial charge on any atom is -0.251 e. The van der Waals surface area contributed by atoms with E-state index in [9.17, 15) is 0 Å². The van der Waals surface area contributed by atoms with E-state index in [1.165, 1.54) is 72.3 Å². The molecule has 9 rings (SSSR count). The van der Waals surface area contributed by atoms with Crippen LogP contribution in [-0.2, 0) is 0 Å². The molecule has 0 spiro atoms. The van der Waals surface area contributed by atoms with Crippen molar-refractivity contribution >= 4 is 22.8 Å². The van der Waals surface area contributed by atoms with E-state index < -0.39 is 0 Å². The standard InChI is InChI=1S/C65H58N2/c1-45-41-57(47(3)50-27-13-6-14-28-50)64(58(42-45)61(51-29-15-7-16-30-51)52-31-17-8-18-32-52)66-48(4)49(5)67-65-59(62(53-33-19-9-20-34-53)54-35-21-10-22-36-54)43-46(2)44-60(65)63(55-37-23-11-24-38-55)56-39-25-12-26-40-56/h6-44,47,61-63H,1-5H3. The summed E-state index contributed by atoms with van der Waals surface area (Å²) < 4.78 is 0. The van der Waals surface area contributed by atoms with E-state index >= 15 is 0 Å². The van der Waals surface area contributed by atoms with Gasteiger partial charge in [-0.1, -0.05) is 255 Å². The molecular weight excluding hydrogens is 809 g/mol. The Balaban J connectivity index is 1.32. The largest absolute Gasteiger partial charge is 0.251 e. The quantitative estimate of drug-likeness (QED) is 0.0768. The molecule has 1 atom stereocenters. The number of rotatable bonds is 14. The van der Waals surface area contributed by atoms with Gasteiger partial charge in [-0.3, -0.25) is 9.98 Å². The zero-order valence-electron chi connectivity index (χ0n) is 39.2. The summed E-state index contributed by atoms with van der Waals surface area (Å²) in [7, 11) is 0. The van der Waals surface area contributed by atoms with Crippen molar-refractivity contribution in [3.63, 3.8) is 0 Å². The van der Waals surface area contributed by atoms with Crippen molar-refractivity contribution in [1.82, 2.24) is 0 Å². The molecule has 0 N–H and O–H groups in total. The Kier molecular flexibility index (Phi) is 13.7. The molecule has 0 saturated heterocycles. The molecule has 67 heavy (non-hydrogen) atoms. The summed E-state index contributed by atoms with van der Waals surface area (Å²) in [5.41, 5.74) is 19.4. The third-order valence-electron chi connectivity index (χ3n) is 13.2. The zero-order valence-corrected chi connectivity index (χ0v) is 39.2. The summed E-state index contributed by atoms with van der Waals surface area (Å²) in [5.74, 6) is -0.104. The van der Waals surface area contributed by atoms with E-state index in [0.717, 1.165) is 22.8 Å². The first-order valence-corrected chi connectivity index (χ1v) is 23.6. The summed E-state index contributed by atoms with van der Waals surface area (Å²) >= 11 is 0. The Hall–Kier alpha value is -7.68. The van der Waals surface area contributed by atoms with Gasteiger partial charge < -0.3 is 0 Å². The Morgan fingerprint density at radius 2 is 0.507 bits per heavy atom. The average Bonchev–Trinajstić information content (AvgIpc) is 3.37. The van der Waals surface area contributed by atoms with Gasteiger partial charge in [-0.25, -0.2) is 0 Å². The summed E-state index contributed by atoms with van der Waals surface area (Å²) in [6.45, 7) is 11.0. The highest BCUT2D eigenvalue weighted by atomic mass is 14.8. The average molecular weight is 867 g/mol. The topological polar surface area (TPSA) is 24.7 Å². The van der Waals surface area contributed by atoms with Gasteiger partial charge >= 0.3 is 0 Å². The number of aliphatic imine (C=N–C) groups is 2. The lowest BCUT2D eigenvalue weighted by Crippen LogP contribution is -2.12. The Bertz CT molecular complexity index is 2870. The molecule has 1 unspecified atom stereocenters. The number of nitrogens with zero attached hydrogens (tertiary/aromatic N) is 2. The second-order valence-corrected chi connectivity index (χ2v) is 17.9. The first-order chi connectivity index (χ1) is 32.8. The summed E-state index contributed by atoms with van der Waals surface area (Å²) in [4.78, 5) is 11.7. The Labute approximate surface area is 398 Å². The monoisotopic (exact) mass is 866 g/mol. The normalized spacial score (nSPS) is 12.5. The van der Waals surface area contributed by atoms with Crippen LogP contribution < -0.4 is 0 Å². The maximum Gasteiger partial charge on any atom is 0.0717 e. The molecule has 328 valence electrons. The summed E-state index contributed by atoms with van der Waals surface area (Å²) in [6.07, 6.45) is 0. The van der Waals surface area contributed by atoms with E-state index in [1.807, 2.05) is 0 Å². The number of hydrogen-bond acceptors (Lipinski definition) is 2. The molecule has 9 aromatic carbocycles. The van der Waals surface area contributed by atoms with Crippen molar-refractivity contribution in [3.05, 3.63) is 309 Å². The molecule has 0 aromatic heterocycles. The lowest BCUT2D eigenvalue weighted by Gasteiger charge is -2.27. The number of hydrogen-bond donors (Lipinski definition) is 0. The van der Waals surface area contributed by atoms with Crippen molar-refractivity contribution in [2.45, 2.75) is 58.3 Å². The highest BCUT2D eigenvalue weighted by Crippen LogP contribution is 2.47. The van der Waals surface area contributed by atoms with Gasteiger partial charge in [0.15, 0.2) is 0 Å². The van der Waals surface area contributed by atoms with E-state index in [-0.39, 0.29) is 23.7 Å². The van der Waals surface area contributed by atoms with Crippen molar-refractivity contribution in [3.8, 4) is 0 Å². The molecule has 2 heteroatoms. The van der Waals surface area contributed by atoms with Crippen LogP contribution in [0.5, 0.6) is 0 Å². The lowest BCUT2D eigenvalue weighted by atomic mass is 9.78. The van der Waals surface area contributed by atoms with E-state index in [4.69, 9.17) is 9.98 Å². The predicted molar refractivity (Wildman–Crippen MR) is 283 cm³/mol. The molecule has 2 nitrogen and oxygen atoms in total. The van der Waals surface area contributed by atoms with Crippen LogP contribution in [0.2, 0.25) is 0 Å². The fourth-order valence-corrected chi connectivity index (χ4v) is 9.87. The van der Waals surface area contributed by atoms with E-state index in [2.05, 4.69) is 271 Å². The van der Waals surface area contributed by atoms with Crippen LogP contribution in [0.15, 0.2) is 247 Å². The lowest BCUT2D eigenvalue weighted by molar-refractivity contribution is 0.900. The molecule has 0 amide bonds. The first-order valence-electron chi connectivity index (χ1n) is 23.6.